The molecule has 0 saturated heterocycles. The van der Waals surface area contributed by atoms with Crippen molar-refractivity contribution in [2.45, 2.75) is 0 Å². The summed E-state index contributed by atoms with van der Waals surface area (Å²) in [7, 11) is 1.64. The van der Waals surface area contributed by atoms with Crippen LogP contribution in [0.1, 0.15) is 0 Å². The molecule has 0 amide bonds. The van der Waals surface area contributed by atoms with E-state index in [9.17, 15) is 0 Å². The maximum absolute atomic E-state index is 5.22. The lowest BCUT2D eigenvalue weighted by Gasteiger charge is -2.05. The lowest BCUT2D eigenvalue weighted by Crippen LogP contribution is -1.90. The van der Waals surface area contributed by atoms with Gasteiger partial charge in [-0.1, -0.05) is 24.3 Å². The number of hydrogen-bond acceptors (Lipinski definition) is 2. The van der Waals surface area contributed by atoms with Gasteiger partial charge in [-0.25, -0.2) is 0 Å². The minimum absolute atomic E-state index is 0.773. The Labute approximate surface area is 83.2 Å². The van der Waals surface area contributed by atoms with Gasteiger partial charge in [0.2, 0.25) is 0 Å². The minimum Gasteiger partial charge on any atom is -0.494 e. The quantitative estimate of drug-likeness (QED) is 0.715. The zero-order chi connectivity index (χ0) is 9.80. The van der Waals surface area contributed by atoms with Crippen LogP contribution in [0.4, 0.5) is 0 Å². The first-order valence-corrected chi connectivity index (χ1v) is 4.38. The highest BCUT2D eigenvalue weighted by molar-refractivity contribution is 5.65. The summed E-state index contributed by atoms with van der Waals surface area (Å²) < 4.78 is 5.22. The van der Waals surface area contributed by atoms with Crippen LogP contribution < -0.4 is 4.74 Å². The number of hydrogen-bond donors (Lipinski definition) is 0. The Bertz CT molecular complexity index is 412. The molecule has 1 radical (unpaired) electrons. The highest BCUT2D eigenvalue weighted by Crippen LogP contribution is 2.25. The van der Waals surface area contributed by atoms with Gasteiger partial charge in [0.15, 0.2) is 0 Å². The molecule has 0 bridgehead atoms. The summed E-state index contributed by atoms with van der Waals surface area (Å²) in [6, 6.07) is 14.6. The molecule has 1 heterocycles. The van der Waals surface area contributed by atoms with Crippen molar-refractivity contribution in [2.75, 3.05) is 7.11 Å². The summed E-state index contributed by atoms with van der Waals surface area (Å²) in [5.74, 6) is 0.773. The van der Waals surface area contributed by atoms with E-state index in [1.54, 1.807) is 13.3 Å². The van der Waals surface area contributed by atoms with Gasteiger partial charge >= 0.3 is 0 Å². The largest absolute Gasteiger partial charge is 0.494 e. The Morgan fingerprint density at radius 3 is 2.86 bits per heavy atom. The van der Waals surface area contributed by atoms with Gasteiger partial charge in [-0.15, -0.1) is 0 Å². The van der Waals surface area contributed by atoms with E-state index in [2.05, 4.69) is 11.1 Å². The summed E-state index contributed by atoms with van der Waals surface area (Å²) in [6.07, 6.45) is 1.75. The van der Waals surface area contributed by atoms with Crippen LogP contribution in [0.3, 0.4) is 0 Å². The highest BCUT2D eigenvalue weighted by atomic mass is 16.5. The fraction of sp³-hybridized carbons (Fsp3) is 0.0833. The zero-order valence-electron chi connectivity index (χ0n) is 7.90. The summed E-state index contributed by atoms with van der Waals surface area (Å²) >= 11 is 0. The number of rotatable bonds is 2. The summed E-state index contributed by atoms with van der Waals surface area (Å²) in [5.41, 5.74) is 1.78. The molecular formula is C12H10NO. The lowest BCUT2D eigenvalue weighted by molar-refractivity contribution is 0.415. The Balaban J connectivity index is 2.51. The standard InChI is InChI=1S/C12H10NO/c1-14-11-8-5-9-13-12(11)10-6-3-2-4-7-10/h2-6,8-9H,1H3. The summed E-state index contributed by atoms with van der Waals surface area (Å²) in [4.78, 5) is 4.26. The average molecular weight is 184 g/mol. The third kappa shape index (κ3) is 1.59. The van der Waals surface area contributed by atoms with E-state index in [-0.39, 0.29) is 0 Å². The van der Waals surface area contributed by atoms with E-state index < -0.39 is 0 Å². The second-order valence-electron chi connectivity index (χ2n) is 2.83. The van der Waals surface area contributed by atoms with Gasteiger partial charge in [-0.3, -0.25) is 4.98 Å². The molecule has 0 unspecified atom stereocenters. The lowest BCUT2D eigenvalue weighted by atomic mass is 10.1. The van der Waals surface area contributed by atoms with Crippen molar-refractivity contribution in [3.63, 3.8) is 0 Å². The van der Waals surface area contributed by atoms with Crippen LogP contribution in [0.5, 0.6) is 5.75 Å². The predicted molar refractivity (Wildman–Crippen MR) is 55.1 cm³/mol. The van der Waals surface area contributed by atoms with Gasteiger partial charge in [0.05, 0.1) is 7.11 Å². The number of nitrogens with zero attached hydrogens (tertiary/aromatic N) is 1. The number of benzene rings is 1. The Morgan fingerprint density at radius 1 is 1.21 bits per heavy atom. The molecule has 69 valence electrons. The molecule has 2 nitrogen and oxygen atoms in total. The second-order valence-corrected chi connectivity index (χ2v) is 2.83. The van der Waals surface area contributed by atoms with Crippen molar-refractivity contribution in [2.24, 2.45) is 0 Å². The van der Waals surface area contributed by atoms with Gasteiger partial charge in [-0.2, -0.15) is 0 Å². The molecule has 1 aromatic heterocycles. The van der Waals surface area contributed by atoms with Gasteiger partial charge in [0, 0.05) is 11.8 Å². The van der Waals surface area contributed by atoms with E-state index in [1.165, 1.54) is 0 Å². The molecule has 0 aliphatic rings. The average Bonchev–Trinajstić information content (AvgIpc) is 2.30. The first-order valence-electron chi connectivity index (χ1n) is 4.38. The number of methoxy groups -OCH3 is 1. The molecule has 2 rings (SSSR count). The first kappa shape index (κ1) is 8.75. The Kier molecular flexibility index (Phi) is 2.45. The van der Waals surface area contributed by atoms with E-state index in [4.69, 9.17) is 4.74 Å². The third-order valence-corrected chi connectivity index (χ3v) is 1.95. The van der Waals surface area contributed by atoms with Gasteiger partial charge in [0.1, 0.15) is 11.4 Å². The highest BCUT2D eigenvalue weighted by Gasteiger charge is 2.04. The number of aromatic nitrogens is 1. The molecule has 0 aliphatic heterocycles. The molecule has 14 heavy (non-hydrogen) atoms. The fourth-order valence-corrected chi connectivity index (χ4v) is 1.30. The number of ether oxygens (including phenoxy) is 1. The van der Waals surface area contributed by atoms with Crippen molar-refractivity contribution >= 4 is 0 Å². The Hall–Kier alpha value is -1.83. The molecule has 0 fully saturated rings. The summed E-state index contributed by atoms with van der Waals surface area (Å²) in [5, 5.41) is 0. The monoisotopic (exact) mass is 184 g/mol. The van der Waals surface area contributed by atoms with Crippen molar-refractivity contribution < 1.29 is 4.74 Å². The maximum Gasteiger partial charge on any atom is 0.145 e. The number of pyridine rings is 1. The predicted octanol–water partition coefficient (Wildman–Crippen LogP) is 2.56. The molecule has 0 atom stereocenters. The second kappa shape index (κ2) is 3.92. The van der Waals surface area contributed by atoms with Gasteiger partial charge in [0.25, 0.3) is 0 Å². The van der Waals surface area contributed by atoms with Crippen LogP contribution in [-0.4, -0.2) is 12.1 Å². The van der Waals surface area contributed by atoms with Crippen molar-refractivity contribution in [3.8, 4) is 17.0 Å². The van der Waals surface area contributed by atoms with Crippen LogP contribution in [0.2, 0.25) is 0 Å². The van der Waals surface area contributed by atoms with Crippen LogP contribution in [0.25, 0.3) is 11.3 Å². The topological polar surface area (TPSA) is 22.1 Å². The maximum atomic E-state index is 5.22. The van der Waals surface area contributed by atoms with Gasteiger partial charge < -0.3 is 4.74 Å². The molecule has 0 N–H and O–H groups in total. The van der Waals surface area contributed by atoms with E-state index in [1.807, 2.05) is 36.4 Å². The SMILES string of the molecule is COc1cccnc1-c1[c]cccc1. The van der Waals surface area contributed by atoms with E-state index >= 15 is 0 Å². The normalized spacial score (nSPS) is 9.79. The smallest absolute Gasteiger partial charge is 0.145 e. The molecule has 1 aromatic carbocycles. The van der Waals surface area contributed by atoms with E-state index in [0.717, 1.165) is 17.0 Å². The summed E-state index contributed by atoms with van der Waals surface area (Å²) in [6.45, 7) is 0. The fourth-order valence-electron chi connectivity index (χ4n) is 1.30. The molecular weight excluding hydrogens is 174 g/mol. The molecule has 2 heteroatoms. The van der Waals surface area contributed by atoms with Crippen LogP contribution >= 0.6 is 0 Å². The van der Waals surface area contributed by atoms with Crippen LogP contribution in [0, 0.1) is 6.07 Å². The first-order chi connectivity index (χ1) is 6.92. The third-order valence-electron chi connectivity index (χ3n) is 1.95. The van der Waals surface area contributed by atoms with Crippen molar-refractivity contribution in [1.29, 1.82) is 0 Å². The van der Waals surface area contributed by atoms with Crippen molar-refractivity contribution in [1.82, 2.24) is 4.98 Å². The molecule has 0 spiro atoms. The van der Waals surface area contributed by atoms with Gasteiger partial charge in [-0.05, 0) is 18.2 Å². The molecule has 2 aromatic rings. The zero-order valence-corrected chi connectivity index (χ0v) is 7.90. The Morgan fingerprint density at radius 2 is 2.14 bits per heavy atom. The van der Waals surface area contributed by atoms with Crippen LogP contribution in [-0.2, 0) is 0 Å². The van der Waals surface area contributed by atoms with E-state index in [0.29, 0.717) is 0 Å². The minimum atomic E-state index is 0.773. The molecule has 0 aliphatic carbocycles. The van der Waals surface area contributed by atoms with Crippen LogP contribution in [0.15, 0.2) is 42.6 Å². The van der Waals surface area contributed by atoms with Crippen molar-refractivity contribution in [3.05, 3.63) is 48.7 Å². The molecule has 0 saturated carbocycles.